The molecule has 1 aliphatic rings. The number of carboxylic acids is 2. The summed E-state index contributed by atoms with van der Waals surface area (Å²) in [5, 5.41) is 49.6. The van der Waals surface area contributed by atoms with Crippen LogP contribution in [0.15, 0.2) is 48.2 Å². The molecule has 13 atom stereocenters. The van der Waals surface area contributed by atoms with Gasteiger partial charge in [0.05, 0.1) is 19.2 Å². The number of aromatic nitrogens is 3. The van der Waals surface area contributed by atoms with Gasteiger partial charge in [-0.3, -0.25) is 71.9 Å². The smallest absolute Gasteiger partial charge is 0.305 e. The molecule has 0 spiro atoms. The molecular formula is C66H98N16O17S. The van der Waals surface area contributed by atoms with Crippen molar-refractivity contribution in [2.45, 2.75) is 212 Å². The number of ketones is 1. The molecule has 550 valence electrons. The fourth-order valence-electron chi connectivity index (χ4n) is 10.5. The Hall–Kier alpha value is -9.73. The van der Waals surface area contributed by atoms with E-state index in [0.29, 0.717) is 12.0 Å². The minimum Gasteiger partial charge on any atom is -0.481 e. The average Bonchev–Trinajstić information content (AvgIpc) is 1.37. The zero-order chi connectivity index (χ0) is 74.3. The average molecular weight is 1420 g/mol. The van der Waals surface area contributed by atoms with E-state index in [0.717, 1.165) is 11.3 Å². The first-order valence-corrected chi connectivity index (χ1v) is 34.5. The standard InChI is InChI=1S/C66H98N16O17S/c1-9-35(6)52(82-58(92)42(22-23-50(84)85)73-59(93)43(26-34(4)5)75-63(97)48-32-100-66(80-48)54(88)37(8)11-3)64(98)74-40-20-15-16-25-70-55(89)46(29-49(68)83)77-62(96)47(30-51(86)87)78-61(95)45(28-39-31-69-33-71-39)76-60(94)44(27-38-18-13-12-14-19-38)79-65(99)53(36(7)10-2)81-57(91)41(21-17-24-67)72-56(40)90/h12-14,18-19,31-37,40-47,52-53H,9-11,15-17,20-30,67H2,1-8H3,(H2,68,83)(H,69,71)(H,70,89)(H,72,90)(H,73,93)(H,74,98)(H,75,97)(H,76,94)(H,77,96)(H,78,95)(H,79,99)(H,81,91)(H,82,92)(H,84,85)(H,86,87)/t35-,36+,37-,40+,41-,42-,43+,44+,45+,46+,47-,52-,53+/m1/s1. The summed E-state index contributed by atoms with van der Waals surface area (Å²) in [7, 11) is 0. The molecule has 12 amide bonds. The number of carbonyl (C=O) groups excluding carboxylic acids is 13. The maximum atomic E-state index is 14.9. The summed E-state index contributed by atoms with van der Waals surface area (Å²) in [6.45, 7) is 13.5. The number of primary amides is 1. The largest absolute Gasteiger partial charge is 0.481 e. The van der Waals surface area contributed by atoms with Crippen molar-refractivity contribution < 1.29 is 82.1 Å². The van der Waals surface area contributed by atoms with Crippen LogP contribution in [0.4, 0.5) is 0 Å². The number of thiazole rings is 1. The lowest BCUT2D eigenvalue weighted by Gasteiger charge is -2.30. The predicted molar refractivity (Wildman–Crippen MR) is 363 cm³/mol. The Kier molecular flexibility index (Phi) is 34.4. The minimum atomic E-state index is -1.95. The Labute approximate surface area is 583 Å². The molecule has 2 aromatic heterocycles. The Bertz CT molecular complexity index is 3310. The number of carboxylic acid groups (broad SMARTS) is 2. The molecule has 0 radical (unpaired) electrons. The second-order valence-corrected chi connectivity index (χ2v) is 26.3. The molecule has 0 aliphatic carbocycles. The fourth-order valence-corrected chi connectivity index (χ4v) is 11.4. The number of nitrogens with one attached hydrogen (secondary N) is 12. The molecule has 0 saturated carbocycles. The van der Waals surface area contributed by atoms with Crippen LogP contribution in [0.5, 0.6) is 0 Å². The van der Waals surface area contributed by atoms with E-state index < -0.39 is 181 Å². The number of Topliss-reactive ketones (excluding diaryl/α,β-unsaturated/α-hetero) is 1. The number of amides is 12. The quantitative estimate of drug-likeness (QED) is 0.0359. The summed E-state index contributed by atoms with van der Waals surface area (Å²) in [5.41, 5.74) is 12.1. The van der Waals surface area contributed by atoms with Crippen molar-refractivity contribution in [1.82, 2.24) is 73.4 Å². The summed E-state index contributed by atoms with van der Waals surface area (Å²) < 4.78 is 0. The predicted octanol–water partition coefficient (Wildman–Crippen LogP) is -0.566. The molecular weight excluding hydrogens is 1320 g/mol. The number of imidazole rings is 1. The van der Waals surface area contributed by atoms with Crippen LogP contribution in [-0.2, 0) is 75.2 Å². The van der Waals surface area contributed by atoms with E-state index in [1.54, 1.807) is 78.8 Å². The molecule has 4 rings (SSSR count). The number of aromatic amines is 1. The van der Waals surface area contributed by atoms with Crippen LogP contribution >= 0.6 is 11.3 Å². The normalized spacial score (nSPS) is 21.3. The zero-order valence-electron chi connectivity index (χ0n) is 57.7. The molecule has 3 heterocycles. The maximum Gasteiger partial charge on any atom is 0.305 e. The highest BCUT2D eigenvalue weighted by Gasteiger charge is 2.39. The second-order valence-electron chi connectivity index (χ2n) is 25.4. The Morgan fingerprint density at radius 2 is 1.27 bits per heavy atom. The van der Waals surface area contributed by atoms with E-state index in [4.69, 9.17) is 11.5 Å². The van der Waals surface area contributed by atoms with Gasteiger partial charge in [-0.25, -0.2) is 9.97 Å². The Morgan fingerprint density at radius 3 is 1.86 bits per heavy atom. The molecule has 1 aromatic carbocycles. The van der Waals surface area contributed by atoms with Crippen LogP contribution in [0.25, 0.3) is 0 Å². The maximum absolute atomic E-state index is 14.9. The number of carbonyl (C=O) groups is 15. The van der Waals surface area contributed by atoms with Gasteiger partial charge in [-0.1, -0.05) is 98.6 Å². The van der Waals surface area contributed by atoms with Crippen molar-refractivity contribution >= 4 is 99.9 Å². The number of H-pyrrole nitrogens is 1. The van der Waals surface area contributed by atoms with E-state index in [1.165, 1.54) is 17.9 Å². The first-order chi connectivity index (χ1) is 47.4. The van der Waals surface area contributed by atoms with Crippen molar-refractivity contribution in [3.05, 3.63) is 70.2 Å². The molecule has 34 heteroatoms. The van der Waals surface area contributed by atoms with Crippen molar-refractivity contribution in [2.75, 3.05) is 13.1 Å². The first-order valence-electron chi connectivity index (χ1n) is 33.6. The van der Waals surface area contributed by atoms with Gasteiger partial charge < -0.3 is 85.1 Å². The van der Waals surface area contributed by atoms with Crippen LogP contribution < -0.4 is 70.0 Å². The molecule has 1 saturated heterocycles. The summed E-state index contributed by atoms with van der Waals surface area (Å²) in [6, 6.07) is -7.32. The van der Waals surface area contributed by atoms with Gasteiger partial charge in [0.2, 0.25) is 65.0 Å². The van der Waals surface area contributed by atoms with Crippen LogP contribution in [0.1, 0.15) is 170 Å². The van der Waals surface area contributed by atoms with Crippen LogP contribution in [-0.4, -0.2) is 187 Å². The first kappa shape index (κ1) is 82.7. The number of hydrogen-bond acceptors (Lipinski definition) is 19. The fraction of sp³-hybridized carbons (Fsp3) is 0.591. The third-order valence-corrected chi connectivity index (χ3v) is 17.8. The topological polar surface area (TPSA) is 522 Å². The van der Waals surface area contributed by atoms with Gasteiger partial charge in [-0.2, -0.15) is 0 Å². The number of aliphatic carboxylic acids is 2. The van der Waals surface area contributed by atoms with Crippen LogP contribution in [0.3, 0.4) is 0 Å². The lowest BCUT2D eigenvalue weighted by molar-refractivity contribution is -0.142. The van der Waals surface area contributed by atoms with Gasteiger partial charge in [-0.05, 0) is 81.2 Å². The second kappa shape index (κ2) is 41.6. The number of nitrogens with zero attached hydrogens (tertiary/aromatic N) is 2. The van der Waals surface area contributed by atoms with Crippen LogP contribution in [0.2, 0.25) is 0 Å². The van der Waals surface area contributed by atoms with Crippen molar-refractivity contribution in [3.8, 4) is 0 Å². The third-order valence-electron chi connectivity index (χ3n) is 17.0. The van der Waals surface area contributed by atoms with Crippen molar-refractivity contribution in [2.24, 2.45) is 35.1 Å². The monoisotopic (exact) mass is 1420 g/mol. The number of nitrogens with two attached hydrogens (primary N) is 2. The van der Waals surface area contributed by atoms with Gasteiger partial charge in [0, 0.05) is 49.0 Å². The summed E-state index contributed by atoms with van der Waals surface area (Å²) >= 11 is 0.961. The van der Waals surface area contributed by atoms with Crippen molar-refractivity contribution in [1.29, 1.82) is 0 Å². The van der Waals surface area contributed by atoms with Gasteiger partial charge >= 0.3 is 11.9 Å². The molecule has 1 fully saturated rings. The number of rotatable bonds is 31. The van der Waals surface area contributed by atoms with Gasteiger partial charge in [0.15, 0.2) is 10.8 Å². The van der Waals surface area contributed by atoms with E-state index in [-0.39, 0.29) is 111 Å². The highest BCUT2D eigenvalue weighted by Crippen LogP contribution is 2.19. The highest BCUT2D eigenvalue weighted by atomic mass is 32.1. The van der Waals surface area contributed by atoms with E-state index in [1.807, 2.05) is 6.92 Å². The van der Waals surface area contributed by atoms with Gasteiger partial charge in [-0.15, -0.1) is 11.3 Å². The lowest BCUT2D eigenvalue weighted by Crippen LogP contribution is -2.62. The third kappa shape index (κ3) is 27.2. The summed E-state index contributed by atoms with van der Waals surface area (Å²) in [4.78, 5) is 219. The van der Waals surface area contributed by atoms with Crippen LogP contribution in [0, 0.1) is 23.7 Å². The molecule has 100 heavy (non-hydrogen) atoms. The molecule has 0 unspecified atom stereocenters. The Balaban J connectivity index is 1.78. The van der Waals surface area contributed by atoms with E-state index in [2.05, 4.69) is 73.4 Å². The Morgan fingerprint density at radius 1 is 0.660 bits per heavy atom. The minimum absolute atomic E-state index is 0.00921. The van der Waals surface area contributed by atoms with Gasteiger partial charge in [0.1, 0.15) is 66.1 Å². The summed E-state index contributed by atoms with van der Waals surface area (Å²) in [6.07, 6.45) is -0.129. The SMILES string of the molecule is CC[C@@H](C)C(=O)c1nc(C(=O)N[C@@H](CC(C)C)C(=O)N[C@H](CCC(=O)O)C(=O)N[C@@H](C(=O)N[C@H]2CCCCNC(=O)[C@H](CC(N)=O)NC(=O)[C@@H](CC(=O)O)NC(=O)[C@H](Cc3cnc[nH]3)NC(=O)[C@H](Cc3ccccc3)NC(=O)[C@H]([C@@H](C)CC)NC(=O)[C@@H](CCCN)NC2=O)[C@H](C)CC)cs1. The van der Waals surface area contributed by atoms with Crippen molar-refractivity contribution in [3.63, 3.8) is 0 Å². The van der Waals surface area contributed by atoms with E-state index in [9.17, 15) is 82.1 Å². The van der Waals surface area contributed by atoms with E-state index >= 15 is 0 Å². The lowest BCUT2D eigenvalue weighted by atomic mass is 9.96. The number of hydrogen-bond donors (Lipinski definition) is 16. The van der Waals surface area contributed by atoms with Gasteiger partial charge in [0.25, 0.3) is 5.91 Å². The molecule has 0 bridgehead atoms. The molecule has 33 nitrogen and oxygen atoms in total. The highest BCUT2D eigenvalue weighted by molar-refractivity contribution is 7.12. The molecule has 1 aliphatic heterocycles. The summed E-state index contributed by atoms with van der Waals surface area (Å²) in [5.74, 6) is -16.9. The molecule has 3 aromatic rings. The zero-order valence-corrected chi connectivity index (χ0v) is 58.5. The molecule has 18 N–H and O–H groups in total. The number of benzene rings is 1.